The molecule has 3 aromatic rings. The van der Waals surface area contributed by atoms with Crippen molar-refractivity contribution in [1.29, 1.82) is 0 Å². The van der Waals surface area contributed by atoms with E-state index in [2.05, 4.69) is 4.90 Å². The molecular formula is C22H20ClNO4. The Hall–Kier alpha value is -2.34. The number of halogens is 1. The van der Waals surface area contributed by atoms with Gasteiger partial charge in [0.2, 0.25) is 0 Å². The van der Waals surface area contributed by atoms with Gasteiger partial charge in [0.05, 0.1) is 17.2 Å². The van der Waals surface area contributed by atoms with Gasteiger partial charge >= 0.3 is 5.63 Å². The smallest absolute Gasteiger partial charge is 0.344 e. The average Bonchev–Trinajstić information content (AvgIpc) is 3.21. The third kappa shape index (κ3) is 3.30. The quantitative estimate of drug-likeness (QED) is 0.611. The van der Waals surface area contributed by atoms with Gasteiger partial charge in [0.25, 0.3) is 0 Å². The van der Waals surface area contributed by atoms with Crippen LogP contribution < -0.4 is 10.4 Å². The van der Waals surface area contributed by atoms with Gasteiger partial charge in [-0.3, -0.25) is 4.90 Å². The van der Waals surface area contributed by atoms with E-state index < -0.39 is 0 Å². The van der Waals surface area contributed by atoms with E-state index in [-0.39, 0.29) is 11.7 Å². The molecule has 0 N–H and O–H groups in total. The average molecular weight is 398 g/mol. The number of nitrogens with zero attached hydrogens (tertiary/aromatic N) is 1. The van der Waals surface area contributed by atoms with Crippen molar-refractivity contribution in [2.24, 2.45) is 0 Å². The molecule has 2 aliphatic heterocycles. The topological polar surface area (TPSA) is 51.9 Å². The second kappa shape index (κ2) is 7.24. The zero-order valence-electron chi connectivity index (χ0n) is 15.3. The minimum absolute atomic E-state index is 0.253. The highest BCUT2D eigenvalue weighted by Gasteiger charge is 2.25. The Morgan fingerprint density at radius 2 is 2.00 bits per heavy atom. The lowest BCUT2D eigenvalue weighted by molar-refractivity contribution is 0.0281. The summed E-state index contributed by atoms with van der Waals surface area (Å²) < 4.78 is 17.4. The molecule has 1 unspecified atom stereocenters. The van der Waals surface area contributed by atoms with Crippen LogP contribution in [0.3, 0.4) is 0 Å². The maximum Gasteiger partial charge on any atom is 0.344 e. The Balaban J connectivity index is 1.51. The predicted octanol–water partition coefficient (Wildman–Crippen LogP) is 4.44. The Bertz CT molecular complexity index is 1070. The Labute approximate surface area is 167 Å². The Morgan fingerprint density at radius 3 is 2.79 bits per heavy atom. The first-order valence-corrected chi connectivity index (χ1v) is 9.87. The highest BCUT2D eigenvalue weighted by Crippen LogP contribution is 2.33. The van der Waals surface area contributed by atoms with Crippen molar-refractivity contribution in [3.8, 4) is 16.9 Å². The molecule has 0 spiro atoms. The summed E-state index contributed by atoms with van der Waals surface area (Å²) in [5.41, 5.74) is 2.46. The van der Waals surface area contributed by atoms with Crippen LogP contribution in [0.15, 0.2) is 51.7 Å². The van der Waals surface area contributed by atoms with E-state index in [1.54, 1.807) is 12.1 Å². The van der Waals surface area contributed by atoms with Crippen molar-refractivity contribution in [3.63, 3.8) is 0 Å². The van der Waals surface area contributed by atoms with Gasteiger partial charge in [-0.25, -0.2) is 4.79 Å². The summed E-state index contributed by atoms with van der Waals surface area (Å²) in [5, 5.41) is 1.51. The van der Waals surface area contributed by atoms with E-state index in [0.29, 0.717) is 29.4 Å². The zero-order valence-corrected chi connectivity index (χ0v) is 16.1. The predicted molar refractivity (Wildman–Crippen MR) is 108 cm³/mol. The molecule has 2 aromatic carbocycles. The summed E-state index contributed by atoms with van der Waals surface area (Å²) in [5.74, 6) is 0.776. The second-order valence-corrected chi connectivity index (χ2v) is 7.77. The summed E-state index contributed by atoms with van der Waals surface area (Å²) in [4.78, 5) is 14.9. The number of fused-ring (bicyclic) bond motifs is 3. The third-order valence-electron chi connectivity index (χ3n) is 5.39. The van der Waals surface area contributed by atoms with Gasteiger partial charge in [0.15, 0.2) is 0 Å². The molecule has 0 bridgehead atoms. The van der Waals surface area contributed by atoms with Gasteiger partial charge in [-0.15, -0.1) is 0 Å². The van der Waals surface area contributed by atoms with E-state index in [0.717, 1.165) is 48.3 Å². The highest BCUT2D eigenvalue weighted by atomic mass is 35.5. The number of hydrogen-bond donors (Lipinski definition) is 0. The summed E-state index contributed by atoms with van der Waals surface area (Å²) in [6.07, 6.45) is 2.45. The summed E-state index contributed by atoms with van der Waals surface area (Å²) >= 11 is 5.96. The molecule has 0 amide bonds. The van der Waals surface area contributed by atoms with Gasteiger partial charge in [-0.2, -0.15) is 0 Å². The third-order valence-corrected chi connectivity index (χ3v) is 5.64. The number of hydrogen-bond acceptors (Lipinski definition) is 5. The molecule has 1 fully saturated rings. The maximum atomic E-state index is 12.7. The van der Waals surface area contributed by atoms with Gasteiger partial charge in [-0.05, 0) is 48.7 Å². The highest BCUT2D eigenvalue weighted by molar-refractivity contribution is 6.30. The largest absolute Gasteiger partial charge is 0.478 e. The molecule has 1 atom stereocenters. The summed E-state index contributed by atoms with van der Waals surface area (Å²) in [6.45, 7) is 2.85. The zero-order chi connectivity index (χ0) is 19.1. The Morgan fingerprint density at radius 1 is 1.14 bits per heavy atom. The van der Waals surface area contributed by atoms with Crippen molar-refractivity contribution in [1.82, 2.24) is 4.90 Å². The van der Waals surface area contributed by atoms with Crippen molar-refractivity contribution in [3.05, 3.63) is 63.5 Å². The van der Waals surface area contributed by atoms with Crippen LogP contribution in [0.1, 0.15) is 18.4 Å². The van der Waals surface area contributed by atoms with Crippen LogP contribution in [0.2, 0.25) is 5.02 Å². The van der Waals surface area contributed by atoms with Crippen LogP contribution in [0.5, 0.6) is 5.75 Å². The lowest BCUT2D eigenvalue weighted by atomic mass is 10.0. The first kappa shape index (κ1) is 17.7. The Kier molecular flexibility index (Phi) is 4.59. The van der Waals surface area contributed by atoms with Crippen LogP contribution in [0.4, 0.5) is 0 Å². The molecule has 28 heavy (non-hydrogen) atoms. The second-order valence-electron chi connectivity index (χ2n) is 7.34. The van der Waals surface area contributed by atoms with Crippen LogP contribution in [-0.2, 0) is 11.3 Å². The monoisotopic (exact) mass is 397 g/mol. The standard InChI is InChI=1S/C22H20ClNO4/c23-16-6-3-14(4-7-16)18-10-15-5-8-20-19(21(15)28-22(18)25)12-24(13-27-20)11-17-2-1-9-26-17/h3-8,10,17H,1-2,9,11-13H2. The normalized spacial score (nSPS) is 19.5. The van der Waals surface area contributed by atoms with Gasteiger partial charge < -0.3 is 13.9 Å². The molecular weight excluding hydrogens is 378 g/mol. The fourth-order valence-corrected chi connectivity index (χ4v) is 4.09. The van der Waals surface area contributed by atoms with E-state index in [1.165, 1.54) is 0 Å². The first-order valence-electron chi connectivity index (χ1n) is 9.50. The van der Waals surface area contributed by atoms with Gasteiger partial charge in [-0.1, -0.05) is 23.7 Å². The minimum atomic E-state index is -0.362. The molecule has 5 nitrogen and oxygen atoms in total. The summed E-state index contributed by atoms with van der Waals surface area (Å²) in [6, 6.07) is 13.0. The van der Waals surface area contributed by atoms with Crippen molar-refractivity contribution in [2.45, 2.75) is 25.5 Å². The molecule has 0 aliphatic carbocycles. The molecule has 5 rings (SSSR count). The molecule has 6 heteroatoms. The number of ether oxygens (including phenoxy) is 2. The van der Waals surface area contributed by atoms with Crippen molar-refractivity contribution < 1.29 is 13.9 Å². The van der Waals surface area contributed by atoms with Crippen molar-refractivity contribution >= 4 is 22.6 Å². The van der Waals surface area contributed by atoms with E-state index in [4.69, 9.17) is 25.5 Å². The van der Waals surface area contributed by atoms with Crippen LogP contribution in [0.25, 0.3) is 22.1 Å². The van der Waals surface area contributed by atoms with Crippen LogP contribution >= 0.6 is 11.6 Å². The van der Waals surface area contributed by atoms with Gasteiger partial charge in [0, 0.05) is 30.1 Å². The number of benzene rings is 2. The van der Waals surface area contributed by atoms with Gasteiger partial charge in [0.1, 0.15) is 18.1 Å². The molecule has 0 radical (unpaired) electrons. The minimum Gasteiger partial charge on any atom is -0.478 e. The molecule has 0 saturated carbocycles. The first-order chi connectivity index (χ1) is 13.7. The molecule has 1 saturated heterocycles. The van der Waals surface area contributed by atoms with E-state index in [1.807, 2.05) is 30.3 Å². The lowest BCUT2D eigenvalue weighted by Gasteiger charge is -2.30. The van der Waals surface area contributed by atoms with Crippen LogP contribution in [0, 0.1) is 0 Å². The number of rotatable bonds is 3. The van der Waals surface area contributed by atoms with Crippen molar-refractivity contribution in [2.75, 3.05) is 19.9 Å². The molecule has 1 aromatic heterocycles. The van der Waals surface area contributed by atoms with E-state index in [9.17, 15) is 4.79 Å². The molecule has 2 aliphatic rings. The maximum absolute atomic E-state index is 12.7. The molecule has 144 valence electrons. The van der Waals surface area contributed by atoms with E-state index >= 15 is 0 Å². The fraction of sp³-hybridized carbons (Fsp3) is 0.318. The SMILES string of the molecule is O=c1oc2c3c(ccc2cc1-c1ccc(Cl)cc1)OCN(CC1CCCO1)C3. The lowest BCUT2D eigenvalue weighted by Crippen LogP contribution is -2.37. The van der Waals surface area contributed by atoms with Crippen LogP contribution in [-0.4, -0.2) is 30.9 Å². The summed E-state index contributed by atoms with van der Waals surface area (Å²) in [7, 11) is 0. The molecule has 3 heterocycles. The fourth-order valence-electron chi connectivity index (χ4n) is 3.96.